The molecule has 0 aliphatic heterocycles. The van der Waals surface area contributed by atoms with Gasteiger partial charge in [0, 0.05) is 17.6 Å². The van der Waals surface area contributed by atoms with Crippen LogP contribution in [0.4, 0.5) is 4.39 Å². The first-order chi connectivity index (χ1) is 7.93. The number of carboxylic acids is 1. The number of carbonyl (C=O) groups is 1. The van der Waals surface area contributed by atoms with Crippen LogP contribution in [0.5, 0.6) is 0 Å². The highest BCUT2D eigenvalue weighted by molar-refractivity contribution is 5.69. The van der Waals surface area contributed by atoms with Gasteiger partial charge in [0.25, 0.3) is 0 Å². The highest BCUT2D eigenvalue weighted by atomic mass is 19.1. The van der Waals surface area contributed by atoms with Crippen LogP contribution in [-0.2, 0) is 4.79 Å². The van der Waals surface area contributed by atoms with E-state index in [2.05, 4.69) is 0 Å². The highest BCUT2D eigenvalue weighted by Crippen LogP contribution is 2.24. The summed E-state index contributed by atoms with van der Waals surface area (Å²) in [6.45, 7) is 5.54. The van der Waals surface area contributed by atoms with E-state index in [0.29, 0.717) is 5.56 Å². The summed E-state index contributed by atoms with van der Waals surface area (Å²) in [7, 11) is 0. The third kappa shape index (κ3) is 3.53. The minimum Gasteiger partial charge on any atom is -0.480 e. The van der Waals surface area contributed by atoms with Gasteiger partial charge in [0.2, 0.25) is 0 Å². The van der Waals surface area contributed by atoms with Crippen LogP contribution in [0, 0.1) is 5.82 Å². The summed E-state index contributed by atoms with van der Waals surface area (Å²) in [6.07, 6.45) is 0. The second-order valence-electron chi connectivity index (χ2n) is 4.36. The van der Waals surface area contributed by atoms with Gasteiger partial charge in [-0.2, -0.15) is 0 Å². The van der Waals surface area contributed by atoms with E-state index >= 15 is 0 Å². The summed E-state index contributed by atoms with van der Waals surface area (Å²) in [5.74, 6) is -1.20. The van der Waals surface area contributed by atoms with Crippen LogP contribution in [0.15, 0.2) is 24.3 Å². The molecule has 0 heterocycles. The molecule has 1 N–H and O–H groups in total. The Morgan fingerprint density at radius 2 is 1.94 bits per heavy atom. The number of hydrogen-bond acceptors (Lipinski definition) is 2. The van der Waals surface area contributed by atoms with Crippen molar-refractivity contribution in [1.29, 1.82) is 0 Å². The highest BCUT2D eigenvalue weighted by Gasteiger charge is 2.22. The van der Waals surface area contributed by atoms with Crippen molar-refractivity contribution in [3.05, 3.63) is 35.6 Å². The summed E-state index contributed by atoms with van der Waals surface area (Å²) in [4.78, 5) is 12.6. The zero-order valence-corrected chi connectivity index (χ0v) is 10.4. The predicted octanol–water partition coefficient (Wildman–Crippen LogP) is 2.68. The molecule has 0 aromatic heterocycles. The Morgan fingerprint density at radius 3 is 2.41 bits per heavy atom. The molecule has 0 saturated carbocycles. The summed E-state index contributed by atoms with van der Waals surface area (Å²) < 4.78 is 13.6. The fraction of sp³-hybridized carbons (Fsp3) is 0.462. The maximum absolute atomic E-state index is 13.6. The number of nitrogens with zero attached hydrogens (tertiary/aromatic N) is 1. The van der Waals surface area contributed by atoms with Crippen LogP contribution in [0.1, 0.15) is 32.4 Å². The Kier molecular flexibility index (Phi) is 4.63. The van der Waals surface area contributed by atoms with Crippen molar-refractivity contribution in [1.82, 2.24) is 4.90 Å². The van der Waals surface area contributed by atoms with E-state index in [4.69, 9.17) is 5.11 Å². The van der Waals surface area contributed by atoms with Gasteiger partial charge in [-0.25, -0.2) is 4.39 Å². The molecule has 0 amide bonds. The SMILES string of the molecule is CC(C)N(CC(=O)O)C(C)c1ccccc1F. The number of hydrogen-bond donors (Lipinski definition) is 1. The van der Waals surface area contributed by atoms with Gasteiger partial charge >= 0.3 is 5.97 Å². The van der Waals surface area contributed by atoms with Gasteiger partial charge in [0.05, 0.1) is 6.54 Å². The van der Waals surface area contributed by atoms with E-state index in [-0.39, 0.29) is 24.4 Å². The fourth-order valence-corrected chi connectivity index (χ4v) is 1.92. The molecule has 0 saturated heterocycles. The lowest BCUT2D eigenvalue weighted by atomic mass is 10.0. The molecule has 1 aromatic carbocycles. The lowest BCUT2D eigenvalue weighted by Crippen LogP contribution is -2.38. The van der Waals surface area contributed by atoms with Gasteiger partial charge in [-0.05, 0) is 26.8 Å². The van der Waals surface area contributed by atoms with Crippen molar-refractivity contribution < 1.29 is 14.3 Å². The molecule has 3 nitrogen and oxygen atoms in total. The third-order valence-electron chi connectivity index (χ3n) is 2.83. The molecule has 94 valence electrons. The second-order valence-corrected chi connectivity index (χ2v) is 4.36. The zero-order valence-electron chi connectivity index (χ0n) is 10.4. The number of aliphatic carboxylic acids is 1. The van der Waals surface area contributed by atoms with Crippen molar-refractivity contribution >= 4 is 5.97 Å². The molecule has 0 bridgehead atoms. The first-order valence-corrected chi connectivity index (χ1v) is 5.65. The van der Waals surface area contributed by atoms with E-state index < -0.39 is 5.97 Å². The van der Waals surface area contributed by atoms with Gasteiger partial charge in [0.1, 0.15) is 5.82 Å². The number of rotatable bonds is 5. The molecule has 1 atom stereocenters. The van der Waals surface area contributed by atoms with Gasteiger partial charge in [-0.1, -0.05) is 18.2 Å². The lowest BCUT2D eigenvalue weighted by molar-refractivity contribution is -0.139. The Bertz CT molecular complexity index is 393. The molecule has 1 aromatic rings. The Hall–Kier alpha value is -1.42. The molecular weight excluding hydrogens is 221 g/mol. The Labute approximate surface area is 101 Å². The molecule has 0 spiro atoms. The van der Waals surface area contributed by atoms with Crippen molar-refractivity contribution in [2.45, 2.75) is 32.9 Å². The average molecular weight is 239 g/mol. The third-order valence-corrected chi connectivity index (χ3v) is 2.83. The quantitative estimate of drug-likeness (QED) is 0.858. The largest absolute Gasteiger partial charge is 0.480 e. The predicted molar refractivity (Wildman–Crippen MR) is 64.3 cm³/mol. The second kappa shape index (κ2) is 5.77. The summed E-state index contributed by atoms with van der Waals surface area (Å²) in [5, 5.41) is 8.86. The van der Waals surface area contributed by atoms with E-state index in [1.807, 2.05) is 20.8 Å². The molecule has 0 aliphatic rings. The smallest absolute Gasteiger partial charge is 0.317 e. The normalized spacial score (nSPS) is 13.1. The van der Waals surface area contributed by atoms with Crippen LogP contribution >= 0.6 is 0 Å². The zero-order chi connectivity index (χ0) is 13.0. The number of carboxylic acid groups (broad SMARTS) is 1. The molecule has 17 heavy (non-hydrogen) atoms. The van der Waals surface area contributed by atoms with Crippen molar-refractivity contribution in [2.75, 3.05) is 6.54 Å². The van der Waals surface area contributed by atoms with Gasteiger partial charge in [-0.3, -0.25) is 9.69 Å². The van der Waals surface area contributed by atoms with Crippen LogP contribution in [0.25, 0.3) is 0 Å². The van der Waals surface area contributed by atoms with E-state index in [1.54, 1.807) is 23.1 Å². The topological polar surface area (TPSA) is 40.5 Å². The van der Waals surface area contributed by atoms with Gasteiger partial charge in [0.15, 0.2) is 0 Å². The maximum atomic E-state index is 13.6. The molecule has 0 aliphatic carbocycles. The number of benzene rings is 1. The van der Waals surface area contributed by atoms with Crippen LogP contribution in [0.2, 0.25) is 0 Å². The molecule has 1 rings (SSSR count). The van der Waals surface area contributed by atoms with Crippen molar-refractivity contribution in [3.8, 4) is 0 Å². The molecule has 4 heteroatoms. The maximum Gasteiger partial charge on any atom is 0.317 e. The summed E-state index contributed by atoms with van der Waals surface area (Å²) in [5.41, 5.74) is 0.530. The molecule has 1 unspecified atom stereocenters. The van der Waals surface area contributed by atoms with Crippen molar-refractivity contribution in [2.24, 2.45) is 0 Å². The summed E-state index contributed by atoms with van der Waals surface area (Å²) >= 11 is 0. The minimum absolute atomic E-state index is 0.0423. The van der Waals surface area contributed by atoms with Crippen molar-refractivity contribution in [3.63, 3.8) is 0 Å². The summed E-state index contributed by atoms with van der Waals surface area (Å²) in [6, 6.07) is 6.26. The minimum atomic E-state index is -0.901. The first kappa shape index (κ1) is 13.6. The van der Waals surface area contributed by atoms with E-state index in [9.17, 15) is 9.18 Å². The molecule has 0 fully saturated rings. The number of halogens is 1. The van der Waals surface area contributed by atoms with Gasteiger partial charge in [-0.15, -0.1) is 0 Å². The monoisotopic (exact) mass is 239 g/mol. The molecular formula is C13H18FNO2. The first-order valence-electron chi connectivity index (χ1n) is 5.65. The Balaban J connectivity index is 2.95. The fourth-order valence-electron chi connectivity index (χ4n) is 1.92. The molecule has 0 radical (unpaired) electrons. The van der Waals surface area contributed by atoms with Crippen LogP contribution in [0.3, 0.4) is 0 Å². The Morgan fingerprint density at radius 1 is 1.35 bits per heavy atom. The van der Waals surface area contributed by atoms with E-state index in [0.717, 1.165) is 0 Å². The van der Waals surface area contributed by atoms with Crippen LogP contribution < -0.4 is 0 Å². The van der Waals surface area contributed by atoms with E-state index in [1.165, 1.54) is 6.07 Å². The van der Waals surface area contributed by atoms with Gasteiger partial charge < -0.3 is 5.11 Å². The van der Waals surface area contributed by atoms with Crippen LogP contribution in [-0.4, -0.2) is 28.6 Å². The standard InChI is InChI=1S/C13H18FNO2/c1-9(2)15(8-13(16)17)10(3)11-6-4-5-7-12(11)14/h4-7,9-10H,8H2,1-3H3,(H,16,17). The average Bonchev–Trinajstić information content (AvgIpc) is 2.25. The lowest BCUT2D eigenvalue weighted by Gasteiger charge is -2.31.